The molecule has 3 aromatic heterocycles. The molecule has 0 spiro atoms. The minimum atomic E-state index is -1.16. The molecule has 0 fully saturated rings. The van der Waals surface area contributed by atoms with Crippen molar-refractivity contribution in [1.82, 2.24) is 4.98 Å². The van der Waals surface area contributed by atoms with Crippen LogP contribution in [-0.2, 0) is 10.8 Å². The van der Waals surface area contributed by atoms with Crippen molar-refractivity contribution in [3.63, 3.8) is 0 Å². The Labute approximate surface area is 256 Å². The Kier molecular flexibility index (Phi) is 15.0. The molecule has 4 aromatic rings. The summed E-state index contributed by atoms with van der Waals surface area (Å²) in [5, 5.41) is 2.93. The van der Waals surface area contributed by atoms with Gasteiger partial charge in [-0.3, -0.25) is 4.21 Å². The number of thiophene rings is 2. The standard InChI is InChI=1S/C20H17ClN2OS3.C10H4.C4H4/c21-9-5-11-27(24)20-18(22)17-14(13-6-2-1-3-7-13)12-15(23-19(17)26-20)16-8-4-10-25-16;1-3-5-7-9-10-8-6-4-2;1-3-4-2/h1-4,6-8,10,12H,5,9,11,22H2;1-2H2;1-2H2. The van der Waals surface area contributed by atoms with Gasteiger partial charge in [-0.1, -0.05) is 59.3 Å². The van der Waals surface area contributed by atoms with Gasteiger partial charge in [0.15, 0.2) is 0 Å². The molecule has 0 radical (unpaired) electrons. The molecule has 2 N–H and O–H groups in total. The predicted molar refractivity (Wildman–Crippen MR) is 177 cm³/mol. The third-order valence-electron chi connectivity index (χ3n) is 4.81. The van der Waals surface area contributed by atoms with Gasteiger partial charge in [0.1, 0.15) is 9.04 Å². The number of anilines is 1. The van der Waals surface area contributed by atoms with Crippen LogP contribution in [-0.4, -0.2) is 20.8 Å². The van der Waals surface area contributed by atoms with Crippen LogP contribution in [0.5, 0.6) is 0 Å². The zero-order valence-corrected chi connectivity index (χ0v) is 25.4. The monoisotopic (exact) mass is 608 g/mol. The van der Waals surface area contributed by atoms with Crippen LogP contribution >= 0.6 is 34.3 Å². The number of nitrogen functional groups attached to an aromatic ring is 1. The molecule has 0 aliphatic heterocycles. The fourth-order valence-corrected chi connectivity index (χ4v) is 6.79. The number of aromatic nitrogens is 1. The van der Waals surface area contributed by atoms with E-state index in [0.717, 1.165) is 31.9 Å². The number of nitrogens with two attached hydrogens (primary N) is 1. The van der Waals surface area contributed by atoms with Gasteiger partial charge < -0.3 is 5.73 Å². The second kappa shape index (κ2) is 18.8. The quantitative estimate of drug-likeness (QED) is 0.175. The molecule has 0 bridgehead atoms. The minimum Gasteiger partial charge on any atom is -0.396 e. The molecule has 202 valence electrons. The van der Waals surface area contributed by atoms with Gasteiger partial charge in [-0.05, 0) is 95.8 Å². The second-order valence-corrected chi connectivity index (χ2v) is 11.5. The normalized spacial score (nSPS) is 9.39. The SMILES string of the molecule is C=C=C=C.C=C=C=C=C=C=C=C=C=C.Nc1c(S(=O)CCCCl)sc2nc(-c3cccs3)cc(-c3ccccc3)c12. The van der Waals surface area contributed by atoms with E-state index in [2.05, 4.69) is 108 Å². The summed E-state index contributed by atoms with van der Waals surface area (Å²) in [6.07, 6.45) is 0.696. The van der Waals surface area contributed by atoms with Crippen LogP contribution in [0.15, 0.2) is 142 Å². The number of nitrogens with zero attached hydrogens (tertiary/aromatic N) is 1. The first-order valence-corrected chi connectivity index (χ1v) is 15.4. The summed E-state index contributed by atoms with van der Waals surface area (Å²) in [7, 11) is -1.16. The summed E-state index contributed by atoms with van der Waals surface area (Å²) < 4.78 is 13.4. The average molecular weight is 609 g/mol. The highest BCUT2D eigenvalue weighted by molar-refractivity contribution is 7.87. The summed E-state index contributed by atoms with van der Waals surface area (Å²) in [5.41, 5.74) is 34.2. The van der Waals surface area contributed by atoms with Crippen molar-refractivity contribution in [3.8, 4) is 21.7 Å². The molecule has 7 heteroatoms. The lowest BCUT2D eigenvalue weighted by Crippen LogP contribution is -1.99. The summed E-state index contributed by atoms with van der Waals surface area (Å²) >= 11 is 8.84. The third-order valence-corrected chi connectivity index (χ3v) is 8.96. The Morgan fingerprint density at radius 2 is 1.51 bits per heavy atom. The Bertz CT molecular complexity index is 1830. The number of hydrogen-bond donors (Lipinski definition) is 1. The van der Waals surface area contributed by atoms with Crippen LogP contribution in [0.3, 0.4) is 0 Å². The maximum absolute atomic E-state index is 12.7. The van der Waals surface area contributed by atoms with E-state index >= 15 is 0 Å². The van der Waals surface area contributed by atoms with Gasteiger partial charge in [-0.25, -0.2) is 4.98 Å². The molecule has 0 saturated carbocycles. The first-order valence-electron chi connectivity index (χ1n) is 11.9. The molecule has 1 unspecified atom stereocenters. The van der Waals surface area contributed by atoms with E-state index < -0.39 is 10.8 Å². The number of halogens is 1. The number of fused-ring (bicyclic) bond motifs is 1. The fourth-order valence-electron chi connectivity index (χ4n) is 3.16. The zero-order chi connectivity index (χ0) is 29.9. The lowest BCUT2D eigenvalue weighted by molar-refractivity contribution is 0.683. The van der Waals surface area contributed by atoms with Crippen molar-refractivity contribution in [1.29, 1.82) is 0 Å². The smallest absolute Gasteiger partial charge is 0.127 e. The van der Waals surface area contributed by atoms with Gasteiger partial charge in [0.25, 0.3) is 0 Å². The van der Waals surface area contributed by atoms with E-state index in [0.29, 0.717) is 28.0 Å². The minimum absolute atomic E-state index is 0.493. The van der Waals surface area contributed by atoms with E-state index in [1.54, 1.807) is 11.3 Å². The molecule has 0 aliphatic rings. The maximum Gasteiger partial charge on any atom is 0.127 e. The Morgan fingerprint density at radius 3 is 2.05 bits per heavy atom. The summed E-state index contributed by atoms with van der Waals surface area (Å²) in [5.74, 6) is 1.01. The topological polar surface area (TPSA) is 56.0 Å². The Morgan fingerprint density at radius 1 is 0.878 bits per heavy atom. The fraction of sp³-hybridized carbons (Fsp3) is 0.0882. The second-order valence-electron chi connectivity index (χ2n) is 7.43. The van der Waals surface area contributed by atoms with Gasteiger partial charge in [-0.15, -0.1) is 34.3 Å². The molecule has 3 nitrogen and oxygen atoms in total. The molecule has 1 atom stereocenters. The van der Waals surface area contributed by atoms with Crippen LogP contribution in [0.2, 0.25) is 0 Å². The molecule has 3 heterocycles. The zero-order valence-electron chi connectivity index (χ0n) is 22.2. The van der Waals surface area contributed by atoms with Crippen LogP contribution in [0.25, 0.3) is 31.9 Å². The largest absolute Gasteiger partial charge is 0.396 e. The molecule has 1 aromatic carbocycles. The molecular weight excluding hydrogens is 584 g/mol. The van der Waals surface area contributed by atoms with E-state index in [1.165, 1.54) is 11.3 Å². The van der Waals surface area contributed by atoms with Gasteiger partial charge in [-0.2, -0.15) is 0 Å². The van der Waals surface area contributed by atoms with Crippen molar-refractivity contribution in [3.05, 3.63) is 138 Å². The summed E-state index contributed by atoms with van der Waals surface area (Å²) in [6, 6.07) is 16.3. The molecule has 41 heavy (non-hydrogen) atoms. The molecule has 0 amide bonds. The lowest BCUT2D eigenvalue weighted by Gasteiger charge is -2.08. The van der Waals surface area contributed by atoms with Crippen molar-refractivity contribution in [2.24, 2.45) is 0 Å². The van der Waals surface area contributed by atoms with E-state index in [9.17, 15) is 4.21 Å². The Hall–Kier alpha value is -4.45. The highest BCUT2D eigenvalue weighted by Gasteiger charge is 2.20. The van der Waals surface area contributed by atoms with Crippen molar-refractivity contribution < 1.29 is 4.21 Å². The lowest BCUT2D eigenvalue weighted by atomic mass is 10.0. The average Bonchev–Trinajstić information content (AvgIpc) is 3.67. The molecule has 0 aliphatic carbocycles. The summed E-state index contributed by atoms with van der Waals surface area (Å²) in [4.78, 5) is 6.76. The van der Waals surface area contributed by atoms with E-state index in [-0.39, 0.29) is 0 Å². The number of hydrogen-bond acceptors (Lipinski definition) is 5. The maximum atomic E-state index is 12.7. The van der Waals surface area contributed by atoms with Crippen LogP contribution in [0, 0.1) is 0 Å². The Balaban J connectivity index is 0.000000352. The van der Waals surface area contributed by atoms with Crippen LogP contribution in [0.4, 0.5) is 5.69 Å². The van der Waals surface area contributed by atoms with Crippen molar-refractivity contribution >= 4 is 61.0 Å². The van der Waals surface area contributed by atoms with Crippen molar-refractivity contribution in [2.45, 2.75) is 10.6 Å². The van der Waals surface area contributed by atoms with E-state index in [4.69, 9.17) is 22.3 Å². The number of benzene rings is 1. The van der Waals surface area contributed by atoms with Crippen LogP contribution < -0.4 is 5.73 Å². The number of rotatable bonds is 6. The third kappa shape index (κ3) is 10.2. The predicted octanol–water partition coefficient (Wildman–Crippen LogP) is 9.17. The number of alkyl halides is 1. The van der Waals surface area contributed by atoms with E-state index in [1.807, 2.05) is 29.6 Å². The van der Waals surface area contributed by atoms with Gasteiger partial charge in [0, 0.05) is 17.0 Å². The molecule has 0 saturated heterocycles. The highest BCUT2D eigenvalue weighted by Crippen LogP contribution is 2.43. The van der Waals surface area contributed by atoms with Crippen LogP contribution in [0.1, 0.15) is 6.42 Å². The van der Waals surface area contributed by atoms with Gasteiger partial charge in [0.05, 0.1) is 27.1 Å². The molecule has 4 rings (SSSR count). The first-order chi connectivity index (χ1) is 20.0. The number of pyridine rings is 1. The first kappa shape index (κ1) is 32.8. The van der Waals surface area contributed by atoms with Crippen molar-refractivity contribution in [2.75, 3.05) is 17.4 Å². The molecular formula is C34H25ClN2OS3. The van der Waals surface area contributed by atoms with Gasteiger partial charge >= 0.3 is 0 Å². The summed E-state index contributed by atoms with van der Waals surface area (Å²) in [6.45, 7) is 12.9. The highest BCUT2D eigenvalue weighted by atomic mass is 35.5. The van der Waals surface area contributed by atoms with Gasteiger partial charge in [0.2, 0.25) is 0 Å².